The first-order valence-corrected chi connectivity index (χ1v) is 12.8. The van der Waals surface area contributed by atoms with Gasteiger partial charge in [-0.15, -0.1) is 6.42 Å². The van der Waals surface area contributed by atoms with Crippen molar-refractivity contribution >= 4 is 37.0 Å². The third-order valence-electron chi connectivity index (χ3n) is 5.68. The van der Waals surface area contributed by atoms with E-state index in [2.05, 4.69) is 54.7 Å². The van der Waals surface area contributed by atoms with Crippen LogP contribution in [0.4, 0.5) is 5.95 Å². The Kier molecular flexibility index (Phi) is 6.22. The lowest BCUT2D eigenvalue weighted by molar-refractivity contribution is -0.0529. The third-order valence-corrected chi connectivity index (χ3v) is 10.4. The van der Waals surface area contributed by atoms with Gasteiger partial charge in [0.1, 0.15) is 24.5 Å². The predicted octanol–water partition coefficient (Wildman–Crippen LogP) is 3.39. The van der Waals surface area contributed by atoms with E-state index < -0.39 is 8.32 Å². The normalized spacial score (nSPS) is 22.9. The molecule has 1 fully saturated rings. The molecule has 3 rings (SSSR count). The van der Waals surface area contributed by atoms with Gasteiger partial charge in [0.15, 0.2) is 19.1 Å². The second-order valence-electron chi connectivity index (χ2n) is 8.69. The molecule has 0 unspecified atom stereocenters. The molecule has 0 saturated carbocycles. The summed E-state index contributed by atoms with van der Waals surface area (Å²) < 4.78 is 20.3. The number of ether oxygens (including phenoxy) is 2. The van der Waals surface area contributed by atoms with Crippen LogP contribution in [0.5, 0.6) is 0 Å². The van der Waals surface area contributed by atoms with Crippen LogP contribution in [-0.4, -0.2) is 53.3 Å². The molecule has 0 aliphatic carbocycles. The van der Waals surface area contributed by atoms with Gasteiger partial charge in [0.05, 0.1) is 19.0 Å². The highest BCUT2D eigenvalue weighted by atomic mass is 35.5. The number of aromatic nitrogens is 4. The number of terminal acetylenes is 1. The number of nitrogen functional groups attached to an aromatic ring is 1. The molecule has 0 spiro atoms. The fourth-order valence-corrected chi connectivity index (χ4v) is 4.20. The minimum absolute atomic E-state index is 0.0835. The van der Waals surface area contributed by atoms with Crippen LogP contribution >= 0.6 is 11.6 Å². The number of halogens is 1. The molecule has 158 valence electrons. The molecule has 0 aromatic carbocycles. The van der Waals surface area contributed by atoms with Crippen LogP contribution in [0.15, 0.2) is 6.33 Å². The number of nitrogens with zero attached hydrogens (tertiary/aromatic N) is 4. The van der Waals surface area contributed by atoms with E-state index in [9.17, 15) is 0 Å². The summed E-state index contributed by atoms with van der Waals surface area (Å²) >= 11 is 6.14. The number of fused-ring (bicyclic) bond motifs is 1. The maximum absolute atomic E-state index is 6.37. The molecular formula is C19H28ClN5O3Si. The van der Waals surface area contributed by atoms with E-state index in [0.29, 0.717) is 24.2 Å². The lowest BCUT2D eigenvalue weighted by atomic mass is 10.2. The highest BCUT2D eigenvalue weighted by Crippen LogP contribution is 2.38. The van der Waals surface area contributed by atoms with Crippen molar-refractivity contribution in [3.05, 3.63) is 11.5 Å². The molecule has 8 nitrogen and oxygen atoms in total. The van der Waals surface area contributed by atoms with Gasteiger partial charge >= 0.3 is 0 Å². The van der Waals surface area contributed by atoms with Gasteiger partial charge in [-0.25, -0.2) is 4.98 Å². The predicted molar refractivity (Wildman–Crippen MR) is 115 cm³/mol. The molecule has 0 radical (unpaired) electrons. The summed E-state index contributed by atoms with van der Waals surface area (Å²) in [4.78, 5) is 12.5. The van der Waals surface area contributed by atoms with Crippen molar-refractivity contribution in [1.29, 1.82) is 0 Å². The molecule has 1 saturated heterocycles. The van der Waals surface area contributed by atoms with E-state index in [0.717, 1.165) is 0 Å². The van der Waals surface area contributed by atoms with Crippen LogP contribution in [0.3, 0.4) is 0 Å². The summed E-state index contributed by atoms with van der Waals surface area (Å²) in [5.41, 5.74) is 6.76. The van der Waals surface area contributed by atoms with Gasteiger partial charge in [0.2, 0.25) is 5.95 Å². The number of imidazole rings is 1. The Labute approximate surface area is 177 Å². The zero-order chi connectivity index (χ0) is 21.4. The second kappa shape index (κ2) is 8.20. The van der Waals surface area contributed by atoms with Crippen LogP contribution in [0, 0.1) is 12.3 Å². The zero-order valence-corrected chi connectivity index (χ0v) is 19.2. The van der Waals surface area contributed by atoms with Crippen molar-refractivity contribution in [2.45, 2.75) is 63.8 Å². The Hall–Kier alpha value is -1.70. The maximum Gasteiger partial charge on any atom is 0.223 e. The van der Waals surface area contributed by atoms with Crippen molar-refractivity contribution in [3.8, 4) is 12.3 Å². The summed E-state index contributed by atoms with van der Waals surface area (Å²) in [5, 5.41) is 0.313. The lowest BCUT2D eigenvalue weighted by Gasteiger charge is -2.37. The minimum atomic E-state index is -1.93. The minimum Gasteiger partial charge on any atom is -0.414 e. The third kappa shape index (κ3) is 4.57. The van der Waals surface area contributed by atoms with E-state index in [-0.39, 0.29) is 41.2 Å². The van der Waals surface area contributed by atoms with Crippen molar-refractivity contribution in [2.75, 3.05) is 18.9 Å². The number of anilines is 1. The van der Waals surface area contributed by atoms with Crippen LogP contribution in [0.2, 0.25) is 23.3 Å². The highest BCUT2D eigenvalue weighted by Gasteiger charge is 2.42. The number of hydrogen-bond donors (Lipinski definition) is 1. The standard InChI is InChI=1S/C19H28ClN5O3Si/c1-7-8-26-12-9-14(28-13(12)10-27-29(5,6)19(2,3)4)25-11-22-15-16(20)23-18(21)24-17(15)25/h1,11-14H,8-10H2,2-6H3,(H2,21,23,24)/t12-,13-,14-/m1/s1. The lowest BCUT2D eigenvalue weighted by Crippen LogP contribution is -2.44. The molecule has 3 heterocycles. The average molecular weight is 438 g/mol. The van der Waals surface area contributed by atoms with Crippen LogP contribution < -0.4 is 5.73 Å². The summed E-state index contributed by atoms with van der Waals surface area (Å²) in [5.74, 6) is 2.61. The van der Waals surface area contributed by atoms with Crippen LogP contribution in [0.1, 0.15) is 33.4 Å². The van der Waals surface area contributed by atoms with Crippen molar-refractivity contribution in [2.24, 2.45) is 0 Å². The van der Waals surface area contributed by atoms with Gasteiger partial charge in [-0.05, 0) is 18.1 Å². The van der Waals surface area contributed by atoms with E-state index in [4.69, 9.17) is 37.7 Å². The largest absolute Gasteiger partial charge is 0.414 e. The van der Waals surface area contributed by atoms with Gasteiger partial charge in [-0.1, -0.05) is 38.3 Å². The maximum atomic E-state index is 6.37. The fourth-order valence-electron chi connectivity index (χ4n) is 2.97. The molecule has 2 N–H and O–H groups in total. The van der Waals surface area contributed by atoms with Gasteiger partial charge in [0, 0.05) is 6.42 Å². The molecule has 2 aromatic heterocycles. The van der Waals surface area contributed by atoms with E-state index in [1.807, 2.05) is 0 Å². The molecule has 0 amide bonds. The van der Waals surface area contributed by atoms with Crippen molar-refractivity contribution < 1.29 is 13.9 Å². The molecule has 1 aliphatic rings. The van der Waals surface area contributed by atoms with Crippen LogP contribution in [0.25, 0.3) is 11.2 Å². The van der Waals surface area contributed by atoms with Crippen molar-refractivity contribution in [3.63, 3.8) is 0 Å². The zero-order valence-electron chi connectivity index (χ0n) is 17.5. The second-order valence-corrected chi connectivity index (χ2v) is 13.9. The average Bonchev–Trinajstić information content (AvgIpc) is 3.21. The number of nitrogens with two attached hydrogens (primary N) is 1. The van der Waals surface area contributed by atoms with E-state index >= 15 is 0 Å². The fraction of sp³-hybridized carbons (Fsp3) is 0.632. The van der Waals surface area contributed by atoms with Gasteiger partial charge < -0.3 is 19.6 Å². The summed E-state index contributed by atoms with van der Waals surface area (Å²) in [6, 6.07) is 0. The van der Waals surface area contributed by atoms with Crippen molar-refractivity contribution in [1.82, 2.24) is 19.5 Å². The Bertz CT molecular complexity index is 921. The molecule has 3 atom stereocenters. The first kappa shape index (κ1) is 22.0. The molecule has 10 heteroatoms. The summed E-state index contributed by atoms with van der Waals surface area (Å²) in [7, 11) is -1.93. The van der Waals surface area contributed by atoms with E-state index in [1.165, 1.54) is 0 Å². The summed E-state index contributed by atoms with van der Waals surface area (Å²) in [6.45, 7) is 11.7. The monoisotopic (exact) mass is 437 g/mol. The molecule has 2 aromatic rings. The Morgan fingerprint density at radius 3 is 2.79 bits per heavy atom. The molecule has 1 aliphatic heterocycles. The Balaban J connectivity index is 1.82. The van der Waals surface area contributed by atoms with E-state index in [1.54, 1.807) is 10.9 Å². The molecular weight excluding hydrogens is 410 g/mol. The molecule has 29 heavy (non-hydrogen) atoms. The first-order chi connectivity index (χ1) is 13.5. The SMILES string of the molecule is C#CCO[C@@H]1C[C@H](n2cnc3c(Cl)nc(N)nc32)O[C@@H]1CO[Si](C)(C)C(C)(C)C. The number of hydrogen-bond acceptors (Lipinski definition) is 7. The molecule has 0 bridgehead atoms. The Morgan fingerprint density at radius 1 is 1.41 bits per heavy atom. The van der Waals surface area contributed by atoms with Gasteiger partial charge in [-0.2, -0.15) is 9.97 Å². The highest BCUT2D eigenvalue weighted by molar-refractivity contribution is 6.74. The van der Waals surface area contributed by atoms with Gasteiger partial charge in [0.25, 0.3) is 0 Å². The number of rotatable bonds is 6. The topological polar surface area (TPSA) is 97.3 Å². The Morgan fingerprint density at radius 2 is 2.14 bits per heavy atom. The smallest absolute Gasteiger partial charge is 0.223 e. The van der Waals surface area contributed by atoms with Crippen LogP contribution in [-0.2, 0) is 13.9 Å². The summed E-state index contributed by atoms with van der Waals surface area (Å²) in [6.07, 6.45) is 6.80. The first-order valence-electron chi connectivity index (χ1n) is 9.53. The van der Waals surface area contributed by atoms with Gasteiger partial charge in [-0.3, -0.25) is 4.57 Å². The quantitative estimate of drug-likeness (QED) is 0.420.